The Morgan fingerprint density at radius 2 is 1.93 bits per heavy atom. The lowest BCUT2D eigenvalue weighted by Gasteiger charge is -2.24. The molecule has 0 aliphatic carbocycles. The van der Waals surface area contributed by atoms with Gasteiger partial charge in [-0.25, -0.2) is 4.79 Å². The van der Waals surface area contributed by atoms with Crippen LogP contribution in [0.2, 0.25) is 0 Å². The minimum Gasteiger partial charge on any atom is -0.383 e. The monoisotopic (exact) mass is 452 g/mol. The summed E-state index contributed by atoms with van der Waals surface area (Å²) in [6, 6.07) is 7.33. The molecule has 1 heterocycles. The van der Waals surface area contributed by atoms with Gasteiger partial charge < -0.3 is 15.4 Å². The standard InChI is InChI=1S/C19H25BrN4O4/c1-12(2)11-24-17(21)16(18(26)22-19(24)27)23(8-9-28-3)15(25)10-13-4-6-14(20)7-5-13/h4-7,12H,8-11,21H2,1-3H3,(H,22,26,27). The van der Waals surface area contributed by atoms with Crippen LogP contribution in [0.25, 0.3) is 0 Å². The fourth-order valence-electron chi connectivity index (χ4n) is 2.80. The van der Waals surface area contributed by atoms with Gasteiger partial charge in [0.25, 0.3) is 5.56 Å². The molecule has 28 heavy (non-hydrogen) atoms. The Hall–Kier alpha value is -2.39. The number of nitrogen functional groups attached to an aromatic ring is 1. The molecule has 0 aliphatic heterocycles. The van der Waals surface area contributed by atoms with E-state index < -0.39 is 11.2 Å². The van der Waals surface area contributed by atoms with Gasteiger partial charge in [0.2, 0.25) is 5.91 Å². The molecule has 0 radical (unpaired) electrons. The van der Waals surface area contributed by atoms with Crippen LogP contribution in [0.4, 0.5) is 11.5 Å². The number of nitrogens with zero attached hydrogens (tertiary/aromatic N) is 2. The Morgan fingerprint density at radius 3 is 2.50 bits per heavy atom. The Bertz CT molecular complexity index is 934. The van der Waals surface area contributed by atoms with Crippen molar-refractivity contribution in [3.05, 3.63) is 55.1 Å². The number of ether oxygens (including phenoxy) is 1. The number of nitrogens with one attached hydrogen (secondary N) is 1. The molecule has 8 nitrogen and oxygen atoms in total. The third kappa shape index (κ3) is 5.32. The predicted molar refractivity (Wildman–Crippen MR) is 113 cm³/mol. The number of carbonyl (C=O) groups excluding carboxylic acids is 1. The minimum atomic E-state index is -0.692. The quantitative estimate of drug-likeness (QED) is 0.633. The number of halogens is 1. The highest BCUT2D eigenvalue weighted by molar-refractivity contribution is 9.10. The van der Waals surface area contributed by atoms with E-state index in [1.165, 1.54) is 16.6 Å². The lowest BCUT2D eigenvalue weighted by molar-refractivity contribution is -0.118. The second kappa shape index (κ2) is 9.70. The molecular formula is C19H25BrN4O4. The Kier molecular flexibility index (Phi) is 7.59. The number of methoxy groups -OCH3 is 1. The van der Waals surface area contributed by atoms with E-state index in [9.17, 15) is 14.4 Å². The van der Waals surface area contributed by atoms with Crippen molar-refractivity contribution < 1.29 is 9.53 Å². The molecule has 3 N–H and O–H groups in total. The molecule has 0 spiro atoms. The maximum absolute atomic E-state index is 13.0. The zero-order chi connectivity index (χ0) is 20.8. The molecular weight excluding hydrogens is 428 g/mol. The molecule has 1 amide bonds. The largest absolute Gasteiger partial charge is 0.383 e. The third-order valence-corrected chi connectivity index (χ3v) is 4.65. The molecule has 0 aliphatic rings. The molecule has 1 aromatic carbocycles. The Balaban J connectivity index is 2.46. The lowest BCUT2D eigenvalue weighted by Crippen LogP contribution is -2.43. The van der Waals surface area contributed by atoms with Gasteiger partial charge in [-0.05, 0) is 23.6 Å². The summed E-state index contributed by atoms with van der Waals surface area (Å²) in [6.07, 6.45) is 0.0825. The first-order chi connectivity index (χ1) is 13.2. The van der Waals surface area contributed by atoms with Crippen LogP contribution in [0.1, 0.15) is 19.4 Å². The molecule has 0 atom stereocenters. The number of benzene rings is 1. The average molecular weight is 453 g/mol. The van der Waals surface area contributed by atoms with Crippen molar-refractivity contribution in [2.24, 2.45) is 5.92 Å². The van der Waals surface area contributed by atoms with Crippen LogP contribution in [-0.4, -0.2) is 35.7 Å². The van der Waals surface area contributed by atoms with Crippen LogP contribution in [0.3, 0.4) is 0 Å². The number of hydrogen-bond donors (Lipinski definition) is 2. The number of aromatic nitrogens is 2. The Morgan fingerprint density at radius 1 is 1.29 bits per heavy atom. The average Bonchev–Trinajstić information content (AvgIpc) is 2.63. The summed E-state index contributed by atoms with van der Waals surface area (Å²) < 4.78 is 7.28. The van der Waals surface area contributed by atoms with E-state index in [1.54, 1.807) is 0 Å². The third-order valence-electron chi connectivity index (χ3n) is 4.12. The van der Waals surface area contributed by atoms with Gasteiger partial charge in [0.1, 0.15) is 5.82 Å². The Labute approximate surface area is 171 Å². The predicted octanol–water partition coefficient (Wildman–Crippen LogP) is 1.76. The molecule has 0 fully saturated rings. The highest BCUT2D eigenvalue weighted by atomic mass is 79.9. The molecule has 2 rings (SSSR count). The number of aromatic amines is 1. The normalized spacial score (nSPS) is 11.0. The van der Waals surface area contributed by atoms with E-state index in [4.69, 9.17) is 10.5 Å². The number of amides is 1. The lowest BCUT2D eigenvalue weighted by atomic mass is 10.1. The minimum absolute atomic E-state index is 0.0253. The summed E-state index contributed by atoms with van der Waals surface area (Å²) >= 11 is 3.36. The highest BCUT2D eigenvalue weighted by Gasteiger charge is 2.24. The van der Waals surface area contributed by atoms with Crippen LogP contribution in [0.5, 0.6) is 0 Å². The maximum atomic E-state index is 13.0. The van der Waals surface area contributed by atoms with Gasteiger partial charge >= 0.3 is 5.69 Å². The van der Waals surface area contributed by atoms with E-state index in [0.717, 1.165) is 10.0 Å². The molecule has 0 bridgehead atoms. The van der Waals surface area contributed by atoms with Crippen LogP contribution in [0, 0.1) is 5.92 Å². The molecule has 9 heteroatoms. The first-order valence-corrected chi connectivity index (χ1v) is 9.70. The summed E-state index contributed by atoms with van der Waals surface area (Å²) in [6.45, 7) is 4.54. The summed E-state index contributed by atoms with van der Waals surface area (Å²) in [4.78, 5) is 41.2. The van der Waals surface area contributed by atoms with Gasteiger partial charge in [-0.3, -0.25) is 19.1 Å². The van der Waals surface area contributed by atoms with Crippen molar-refractivity contribution in [1.82, 2.24) is 9.55 Å². The van der Waals surface area contributed by atoms with Crippen molar-refractivity contribution in [3.8, 4) is 0 Å². The smallest absolute Gasteiger partial charge is 0.330 e. The fraction of sp³-hybridized carbons (Fsp3) is 0.421. The molecule has 0 saturated carbocycles. The van der Waals surface area contributed by atoms with Crippen molar-refractivity contribution in [1.29, 1.82) is 0 Å². The number of hydrogen-bond acceptors (Lipinski definition) is 5. The van der Waals surface area contributed by atoms with Gasteiger partial charge in [-0.15, -0.1) is 0 Å². The van der Waals surface area contributed by atoms with Crippen molar-refractivity contribution in [2.45, 2.75) is 26.8 Å². The molecule has 0 saturated heterocycles. The molecule has 0 unspecified atom stereocenters. The van der Waals surface area contributed by atoms with E-state index in [2.05, 4.69) is 20.9 Å². The zero-order valence-electron chi connectivity index (χ0n) is 16.2. The molecule has 2 aromatic rings. The maximum Gasteiger partial charge on any atom is 0.330 e. The summed E-state index contributed by atoms with van der Waals surface area (Å²) in [5.74, 6) is -0.210. The summed E-state index contributed by atoms with van der Waals surface area (Å²) in [7, 11) is 1.50. The number of rotatable bonds is 8. The number of H-pyrrole nitrogens is 1. The van der Waals surface area contributed by atoms with E-state index in [1.807, 2.05) is 38.1 Å². The van der Waals surface area contributed by atoms with Gasteiger partial charge in [0.15, 0.2) is 5.69 Å². The number of anilines is 2. The first kappa shape index (κ1) is 21.9. The number of nitrogens with two attached hydrogens (primary N) is 1. The summed E-state index contributed by atoms with van der Waals surface area (Å²) in [5, 5.41) is 0. The van der Waals surface area contributed by atoms with Gasteiger partial charge in [-0.2, -0.15) is 0 Å². The second-order valence-electron chi connectivity index (χ2n) is 6.84. The second-order valence-corrected chi connectivity index (χ2v) is 7.75. The van der Waals surface area contributed by atoms with Crippen LogP contribution >= 0.6 is 15.9 Å². The van der Waals surface area contributed by atoms with Crippen LogP contribution < -0.4 is 21.9 Å². The van der Waals surface area contributed by atoms with Crippen LogP contribution in [0.15, 0.2) is 38.3 Å². The highest BCUT2D eigenvalue weighted by Crippen LogP contribution is 2.19. The van der Waals surface area contributed by atoms with Gasteiger partial charge in [-0.1, -0.05) is 41.9 Å². The fourth-order valence-corrected chi connectivity index (χ4v) is 3.07. The van der Waals surface area contributed by atoms with E-state index >= 15 is 0 Å². The van der Waals surface area contributed by atoms with Crippen LogP contribution in [-0.2, 0) is 22.5 Å². The van der Waals surface area contributed by atoms with E-state index in [-0.39, 0.29) is 42.9 Å². The van der Waals surface area contributed by atoms with Crippen molar-refractivity contribution in [3.63, 3.8) is 0 Å². The number of carbonyl (C=O) groups is 1. The van der Waals surface area contributed by atoms with E-state index in [0.29, 0.717) is 6.54 Å². The SMILES string of the molecule is COCCN(C(=O)Cc1ccc(Br)cc1)c1c(N)n(CC(C)C)c(=O)[nH]c1=O. The molecule has 152 valence electrons. The zero-order valence-corrected chi connectivity index (χ0v) is 17.8. The van der Waals surface area contributed by atoms with Gasteiger partial charge in [0, 0.05) is 24.7 Å². The van der Waals surface area contributed by atoms with Crippen molar-refractivity contribution in [2.75, 3.05) is 30.9 Å². The summed E-state index contributed by atoms with van der Waals surface area (Å²) in [5.41, 5.74) is 5.64. The molecule has 1 aromatic heterocycles. The first-order valence-electron chi connectivity index (χ1n) is 8.91. The topological polar surface area (TPSA) is 110 Å². The van der Waals surface area contributed by atoms with Crippen molar-refractivity contribution >= 4 is 33.3 Å². The van der Waals surface area contributed by atoms with Gasteiger partial charge in [0.05, 0.1) is 13.0 Å².